The summed E-state index contributed by atoms with van der Waals surface area (Å²) in [4.78, 5) is 27.2. The average Bonchev–Trinajstić information content (AvgIpc) is 3.11. The lowest BCUT2D eigenvalue weighted by atomic mass is 10.1. The first-order valence-corrected chi connectivity index (χ1v) is 9.47. The van der Waals surface area contributed by atoms with Crippen molar-refractivity contribution in [2.24, 2.45) is 0 Å². The number of nitrogens with zero attached hydrogens (tertiary/aromatic N) is 1. The van der Waals surface area contributed by atoms with Gasteiger partial charge in [0.05, 0.1) is 12.6 Å². The second-order valence-electron chi connectivity index (χ2n) is 6.72. The van der Waals surface area contributed by atoms with E-state index in [9.17, 15) is 9.59 Å². The normalized spacial score (nSPS) is 19.6. The number of ether oxygens (including phenoxy) is 1. The summed E-state index contributed by atoms with van der Waals surface area (Å²) in [5.41, 5.74) is 2.13. The quantitative estimate of drug-likeness (QED) is 0.766. The number of likely N-dealkylation sites (tertiary alicyclic amines) is 1. The number of hydrogen-bond donors (Lipinski definition) is 1. The van der Waals surface area contributed by atoms with Gasteiger partial charge in [0.1, 0.15) is 6.04 Å². The van der Waals surface area contributed by atoms with Gasteiger partial charge < -0.3 is 10.1 Å². The Morgan fingerprint density at radius 2 is 1.56 bits per heavy atom. The Balaban J connectivity index is 1.71. The average molecular weight is 366 g/mol. The van der Waals surface area contributed by atoms with E-state index in [0.29, 0.717) is 32.5 Å². The lowest BCUT2D eigenvalue weighted by molar-refractivity contribution is -0.149. The van der Waals surface area contributed by atoms with Gasteiger partial charge in [-0.2, -0.15) is 0 Å². The van der Waals surface area contributed by atoms with Gasteiger partial charge in [0, 0.05) is 13.1 Å². The molecular weight excluding hydrogens is 340 g/mol. The monoisotopic (exact) mass is 366 g/mol. The van der Waals surface area contributed by atoms with Crippen LogP contribution in [-0.4, -0.2) is 35.5 Å². The van der Waals surface area contributed by atoms with Crippen molar-refractivity contribution in [1.82, 2.24) is 10.2 Å². The predicted octanol–water partition coefficient (Wildman–Crippen LogP) is 2.90. The minimum Gasteiger partial charge on any atom is -0.465 e. The number of esters is 1. The van der Waals surface area contributed by atoms with Crippen molar-refractivity contribution in [3.05, 3.63) is 71.8 Å². The van der Waals surface area contributed by atoms with Gasteiger partial charge in [-0.3, -0.25) is 14.5 Å². The summed E-state index contributed by atoms with van der Waals surface area (Å²) in [5, 5.41) is 3.02. The fourth-order valence-corrected chi connectivity index (χ4v) is 3.56. The maximum atomic E-state index is 12.8. The van der Waals surface area contributed by atoms with Crippen LogP contribution in [0.15, 0.2) is 60.7 Å². The highest BCUT2D eigenvalue weighted by atomic mass is 16.5. The number of amides is 1. The van der Waals surface area contributed by atoms with Gasteiger partial charge in [-0.05, 0) is 30.9 Å². The molecule has 2 aromatic carbocycles. The molecule has 0 bridgehead atoms. The molecule has 1 heterocycles. The second-order valence-corrected chi connectivity index (χ2v) is 6.72. The molecule has 2 unspecified atom stereocenters. The van der Waals surface area contributed by atoms with Crippen LogP contribution >= 0.6 is 0 Å². The van der Waals surface area contributed by atoms with Crippen LogP contribution in [0.5, 0.6) is 0 Å². The minimum absolute atomic E-state index is 0.0402. The van der Waals surface area contributed by atoms with Crippen molar-refractivity contribution >= 4 is 11.9 Å². The summed E-state index contributed by atoms with van der Waals surface area (Å²) in [6.45, 7) is 3.19. The zero-order valence-corrected chi connectivity index (χ0v) is 15.6. The number of hydrogen-bond acceptors (Lipinski definition) is 4. The molecule has 5 heteroatoms. The fraction of sp³-hybridized carbons (Fsp3) is 0.364. The van der Waals surface area contributed by atoms with Crippen LogP contribution in [0.4, 0.5) is 0 Å². The molecule has 27 heavy (non-hydrogen) atoms. The molecule has 1 N–H and O–H groups in total. The number of carbonyl (C=O) groups is 2. The van der Waals surface area contributed by atoms with Crippen LogP contribution in [0.25, 0.3) is 0 Å². The molecule has 1 fully saturated rings. The van der Waals surface area contributed by atoms with Crippen molar-refractivity contribution < 1.29 is 14.3 Å². The Kier molecular flexibility index (Phi) is 6.60. The number of rotatable bonds is 7. The van der Waals surface area contributed by atoms with E-state index in [4.69, 9.17) is 4.74 Å². The van der Waals surface area contributed by atoms with Crippen LogP contribution in [-0.2, 0) is 27.4 Å². The van der Waals surface area contributed by atoms with Crippen molar-refractivity contribution in [2.75, 3.05) is 6.61 Å². The van der Waals surface area contributed by atoms with Crippen LogP contribution in [0, 0.1) is 0 Å². The summed E-state index contributed by atoms with van der Waals surface area (Å²) in [5.74, 6) is -0.284. The first-order chi connectivity index (χ1) is 13.2. The van der Waals surface area contributed by atoms with Gasteiger partial charge in [-0.1, -0.05) is 60.7 Å². The van der Waals surface area contributed by atoms with Gasteiger partial charge in [-0.15, -0.1) is 0 Å². The summed E-state index contributed by atoms with van der Waals surface area (Å²) in [6.07, 6.45) is 1.28. The molecule has 1 amide bonds. The van der Waals surface area contributed by atoms with Gasteiger partial charge in [-0.25, -0.2) is 0 Å². The van der Waals surface area contributed by atoms with E-state index in [-0.39, 0.29) is 24.0 Å². The fourth-order valence-electron chi connectivity index (χ4n) is 3.56. The molecule has 0 aromatic heterocycles. The molecule has 1 aliphatic heterocycles. The lowest BCUT2D eigenvalue weighted by Gasteiger charge is -2.28. The zero-order valence-electron chi connectivity index (χ0n) is 15.6. The van der Waals surface area contributed by atoms with Crippen LogP contribution in [0.1, 0.15) is 30.9 Å². The van der Waals surface area contributed by atoms with Crippen molar-refractivity contribution in [2.45, 2.75) is 44.9 Å². The largest absolute Gasteiger partial charge is 0.465 e. The molecule has 2 aromatic rings. The molecule has 0 radical (unpaired) electrons. The standard InChI is InChI=1S/C22H26N2O3/c1-2-27-22(26)20-14-13-19(24(20)16-18-11-7-4-8-12-18)21(25)23-15-17-9-5-3-6-10-17/h3-12,19-20H,2,13-16H2,1H3,(H,23,25). The van der Waals surface area contributed by atoms with Crippen molar-refractivity contribution in [1.29, 1.82) is 0 Å². The van der Waals surface area contributed by atoms with E-state index < -0.39 is 0 Å². The van der Waals surface area contributed by atoms with Gasteiger partial charge in [0.15, 0.2) is 0 Å². The van der Waals surface area contributed by atoms with Crippen molar-refractivity contribution in [3.8, 4) is 0 Å². The van der Waals surface area contributed by atoms with Crippen LogP contribution in [0.3, 0.4) is 0 Å². The van der Waals surface area contributed by atoms with Gasteiger partial charge in [0.2, 0.25) is 5.91 Å². The van der Waals surface area contributed by atoms with E-state index in [0.717, 1.165) is 11.1 Å². The van der Waals surface area contributed by atoms with E-state index in [2.05, 4.69) is 5.32 Å². The van der Waals surface area contributed by atoms with E-state index in [1.165, 1.54) is 0 Å². The first-order valence-electron chi connectivity index (χ1n) is 9.47. The lowest BCUT2D eigenvalue weighted by Crippen LogP contribution is -2.47. The van der Waals surface area contributed by atoms with Gasteiger partial charge >= 0.3 is 5.97 Å². The van der Waals surface area contributed by atoms with E-state index in [1.54, 1.807) is 6.92 Å². The molecule has 5 nitrogen and oxygen atoms in total. The molecule has 2 atom stereocenters. The number of benzene rings is 2. The topological polar surface area (TPSA) is 58.6 Å². The summed E-state index contributed by atoms with van der Waals surface area (Å²) < 4.78 is 5.24. The molecule has 1 saturated heterocycles. The highest BCUT2D eigenvalue weighted by Crippen LogP contribution is 2.27. The molecule has 0 aliphatic carbocycles. The second kappa shape index (κ2) is 9.33. The molecule has 1 aliphatic rings. The Hall–Kier alpha value is -2.66. The number of nitrogens with one attached hydrogen (secondary N) is 1. The third-order valence-electron chi connectivity index (χ3n) is 4.89. The van der Waals surface area contributed by atoms with Gasteiger partial charge in [0.25, 0.3) is 0 Å². The Bertz CT molecular complexity index is 749. The highest BCUT2D eigenvalue weighted by molar-refractivity contribution is 5.84. The minimum atomic E-state index is -0.377. The third kappa shape index (κ3) is 4.95. The Morgan fingerprint density at radius 1 is 0.963 bits per heavy atom. The number of carbonyl (C=O) groups excluding carboxylic acids is 2. The van der Waals surface area contributed by atoms with Crippen LogP contribution < -0.4 is 5.32 Å². The summed E-state index contributed by atoms with van der Waals surface area (Å²) in [7, 11) is 0. The van der Waals surface area contributed by atoms with Crippen molar-refractivity contribution in [3.63, 3.8) is 0 Å². The van der Waals surface area contributed by atoms with Crippen LogP contribution in [0.2, 0.25) is 0 Å². The molecule has 0 spiro atoms. The molecule has 3 rings (SSSR count). The summed E-state index contributed by atoms with van der Waals surface area (Å²) >= 11 is 0. The first kappa shape index (κ1) is 19.1. The molecule has 142 valence electrons. The SMILES string of the molecule is CCOC(=O)C1CCC(C(=O)NCc2ccccc2)N1Cc1ccccc1. The maximum Gasteiger partial charge on any atom is 0.323 e. The van der Waals surface area contributed by atoms with E-state index in [1.807, 2.05) is 65.6 Å². The Labute approximate surface area is 160 Å². The third-order valence-corrected chi connectivity index (χ3v) is 4.89. The Morgan fingerprint density at radius 3 is 2.19 bits per heavy atom. The maximum absolute atomic E-state index is 12.8. The summed E-state index contributed by atoms with van der Waals surface area (Å²) in [6, 6.07) is 19.0. The smallest absolute Gasteiger partial charge is 0.323 e. The highest BCUT2D eigenvalue weighted by Gasteiger charge is 2.41. The zero-order chi connectivity index (χ0) is 19.1. The van der Waals surface area contributed by atoms with E-state index >= 15 is 0 Å². The predicted molar refractivity (Wildman–Crippen MR) is 104 cm³/mol. The molecule has 0 saturated carbocycles. The molecular formula is C22H26N2O3.